The van der Waals surface area contributed by atoms with E-state index in [1.165, 1.54) is 6.20 Å². The van der Waals surface area contributed by atoms with Gasteiger partial charge in [0.2, 0.25) is 16.0 Å². The fourth-order valence-corrected chi connectivity index (χ4v) is 4.35. The van der Waals surface area contributed by atoms with Crippen molar-refractivity contribution in [3.63, 3.8) is 0 Å². The number of sulfonamides is 1. The first-order valence-electron chi connectivity index (χ1n) is 9.81. The Kier molecular flexibility index (Phi) is 6.35. The van der Waals surface area contributed by atoms with E-state index in [0.717, 1.165) is 26.2 Å². The molecule has 0 spiro atoms. The van der Waals surface area contributed by atoms with Crippen molar-refractivity contribution in [3.8, 4) is 0 Å². The molecule has 4 heterocycles. The van der Waals surface area contributed by atoms with Crippen LogP contribution in [0.15, 0.2) is 36.8 Å². The van der Waals surface area contributed by atoms with Crippen molar-refractivity contribution in [2.75, 3.05) is 60.5 Å². The van der Waals surface area contributed by atoms with Crippen LogP contribution in [0, 0.1) is 0 Å². The summed E-state index contributed by atoms with van der Waals surface area (Å²) in [6.45, 7) is 3.62. The third kappa shape index (κ3) is 5.49. The van der Waals surface area contributed by atoms with E-state index in [2.05, 4.69) is 46.8 Å². The lowest BCUT2D eigenvalue weighted by Gasteiger charge is -2.32. The zero-order valence-corrected chi connectivity index (χ0v) is 18.6. The molecule has 4 rings (SSSR count). The molecule has 0 saturated carbocycles. The molecule has 31 heavy (non-hydrogen) atoms. The Morgan fingerprint density at radius 2 is 1.97 bits per heavy atom. The highest BCUT2D eigenvalue weighted by Crippen LogP contribution is 2.25. The lowest BCUT2D eigenvalue weighted by Crippen LogP contribution is -2.45. The number of hydrogen-bond donors (Lipinski definition) is 2. The molecule has 164 valence electrons. The molecule has 0 atom stereocenters. The third-order valence-electron chi connectivity index (χ3n) is 4.92. The van der Waals surface area contributed by atoms with Gasteiger partial charge in [-0.05, 0) is 25.2 Å². The first kappa shape index (κ1) is 21.5. The molecule has 1 saturated heterocycles. The molecule has 1 aliphatic rings. The van der Waals surface area contributed by atoms with Gasteiger partial charge >= 0.3 is 0 Å². The number of rotatable bonds is 7. The molecule has 2 N–H and O–H groups in total. The summed E-state index contributed by atoms with van der Waals surface area (Å²) in [5, 5.41) is 4.14. The Morgan fingerprint density at radius 3 is 2.71 bits per heavy atom. The molecule has 0 unspecified atom stereocenters. The fraction of sp³-hybridized carbons (Fsp3) is 0.368. The zero-order chi connectivity index (χ0) is 21.8. The highest BCUT2D eigenvalue weighted by atomic mass is 35.5. The Labute approximate surface area is 185 Å². The second-order valence-electron chi connectivity index (χ2n) is 7.28. The number of aromatic nitrogens is 4. The maximum absolute atomic E-state index is 12.4. The minimum atomic E-state index is -3.55. The van der Waals surface area contributed by atoms with Crippen LogP contribution >= 0.6 is 11.6 Å². The highest BCUT2D eigenvalue weighted by molar-refractivity contribution is 7.92. The molecule has 12 heteroatoms. The van der Waals surface area contributed by atoms with Crippen molar-refractivity contribution in [1.29, 1.82) is 0 Å². The molecule has 3 aromatic heterocycles. The summed E-state index contributed by atoms with van der Waals surface area (Å²) in [7, 11) is -1.47. The molecule has 1 aliphatic heterocycles. The molecule has 3 aromatic rings. The third-order valence-corrected chi connectivity index (χ3v) is 6.42. The number of hydrogen-bond acceptors (Lipinski definition) is 9. The minimum absolute atomic E-state index is 0.143. The van der Waals surface area contributed by atoms with Gasteiger partial charge in [0, 0.05) is 44.3 Å². The van der Waals surface area contributed by atoms with E-state index < -0.39 is 10.0 Å². The lowest BCUT2D eigenvalue weighted by molar-refractivity contribution is 0.311. The van der Waals surface area contributed by atoms with Crippen LogP contribution in [0.25, 0.3) is 10.9 Å². The predicted molar refractivity (Wildman–Crippen MR) is 122 cm³/mol. The van der Waals surface area contributed by atoms with Crippen molar-refractivity contribution in [2.24, 2.45) is 0 Å². The van der Waals surface area contributed by atoms with E-state index in [0.29, 0.717) is 33.5 Å². The Bertz CT molecular complexity index is 1150. The number of nitrogens with zero attached hydrogens (tertiary/aromatic N) is 6. The van der Waals surface area contributed by atoms with Gasteiger partial charge in [-0.2, -0.15) is 4.98 Å². The SMILES string of the molecule is CN1CCN(c2nc(NCCS(=O)(=O)Nc3cccnc3)c3cc(Cl)ncc3n2)CC1. The Morgan fingerprint density at radius 1 is 1.16 bits per heavy atom. The maximum Gasteiger partial charge on any atom is 0.234 e. The van der Waals surface area contributed by atoms with E-state index >= 15 is 0 Å². The Balaban J connectivity index is 1.52. The Hall–Kier alpha value is -2.76. The molecule has 0 aromatic carbocycles. The van der Waals surface area contributed by atoms with Crippen LogP contribution in [0.1, 0.15) is 0 Å². The number of fused-ring (bicyclic) bond motifs is 1. The fourth-order valence-electron chi connectivity index (χ4n) is 3.23. The van der Waals surface area contributed by atoms with Gasteiger partial charge < -0.3 is 15.1 Å². The van der Waals surface area contributed by atoms with E-state index in [-0.39, 0.29) is 12.3 Å². The molecule has 0 aliphatic carbocycles. The quantitative estimate of drug-likeness (QED) is 0.505. The summed E-state index contributed by atoms with van der Waals surface area (Å²) in [6, 6.07) is 4.99. The van der Waals surface area contributed by atoms with E-state index in [1.807, 2.05) is 0 Å². The van der Waals surface area contributed by atoms with Gasteiger partial charge in [-0.25, -0.2) is 18.4 Å². The molecule has 0 amide bonds. The van der Waals surface area contributed by atoms with Crippen LogP contribution in [0.2, 0.25) is 5.15 Å². The van der Waals surface area contributed by atoms with Gasteiger partial charge in [-0.3, -0.25) is 9.71 Å². The average molecular weight is 463 g/mol. The number of nitrogens with one attached hydrogen (secondary N) is 2. The monoisotopic (exact) mass is 462 g/mol. The molecule has 1 fully saturated rings. The lowest BCUT2D eigenvalue weighted by atomic mass is 10.3. The second-order valence-corrected chi connectivity index (χ2v) is 9.51. The van der Waals surface area contributed by atoms with Crippen LogP contribution in [-0.2, 0) is 10.0 Å². The van der Waals surface area contributed by atoms with Crippen molar-refractivity contribution in [3.05, 3.63) is 41.9 Å². The van der Waals surface area contributed by atoms with Gasteiger partial charge in [-0.15, -0.1) is 0 Å². The molecule has 10 nitrogen and oxygen atoms in total. The number of pyridine rings is 2. The van der Waals surface area contributed by atoms with Crippen molar-refractivity contribution in [1.82, 2.24) is 24.8 Å². The number of likely N-dealkylation sites (N-methyl/N-ethyl adjacent to an activating group) is 1. The first-order chi connectivity index (χ1) is 14.9. The van der Waals surface area contributed by atoms with Crippen LogP contribution in [0.3, 0.4) is 0 Å². The standard InChI is InChI=1S/C19H23ClN8O2S/c1-27-6-8-28(9-7-27)19-24-16-13-23-17(20)11-15(16)18(25-19)22-5-10-31(29,30)26-14-3-2-4-21-12-14/h2-4,11-13,26H,5-10H2,1H3,(H,22,24,25). The molecule has 0 radical (unpaired) electrons. The largest absolute Gasteiger partial charge is 0.368 e. The van der Waals surface area contributed by atoms with Gasteiger partial charge in [-0.1, -0.05) is 11.6 Å². The summed E-state index contributed by atoms with van der Waals surface area (Å²) in [5.74, 6) is 0.971. The van der Waals surface area contributed by atoms with Crippen LogP contribution < -0.4 is 14.9 Å². The highest BCUT2D eigenvalue weighted by Gasteiger charge is 2.19. The van der Waals surface area contributed by atoms with Gasteiger partial charge in [0.1, 0.15) is 11.0 Å². The maximum atomic E-state index is 12.4. The van der Waals surface area contributed by atoms with Crippen LogP contribution in [0.5, 0.6) is 0 Å². The summed E-state index contributed by atoms with van der Waals surface area (Å²) in [5.41, 5.74) is 1.07. The van der Waals surface area contributed by atoms with Gasteiger partial charge in [0.05, 0.1) is 29.4 Å². The first-order valence-corrected chi connectivity index (χ1v) is 11.8. The number of piperazine rings is 1. The topological polar surface area (TPSA) is 116 Å². The van der Waals surface area contributed by atoms with E-state index in [4.69, 9.17) is 11.6 Å². The minimum Gasteiger partial charge on any atom is -0.368 e. The van der Waals surface area contributed by atoms with Gasteiger partial charge in [0.25, 0.3) is 0 Å². The van der Waals surface area contributed by atoms with Gasteiger partial charge in [0.15, 0.2) is 0 Å². The average Bonchev–Trinajstić information content (AvgIpc) is 2.74. The van der Waals surface area contributed by atoms with E-state index in [1.54, 1.807) is 30.6 Å². The zero-order valence-electron chi connectivity index (χ0n) is 17.0. The van der Waals surface area contributed by atoms with Crippen LogP contribution in [-0.4, -0.2) is 78.8 Å². The number of halogens is 1. The van der Waals surface area contributed by atoms with Crippen LogP contribution in [0.4, 0.5) is 17.5 Å². The summed E-state index contributed by atoms with van der Waals surface area (Å²) in [6.07, 6.45) is 4.64. The molecular weight excluding hydrogens is 440 g/mol. The van der Waals surface area contributed by atoms with E-state index in [9.17, 15) is 8.42 Å². The normalized spacial score (nSPS) is 15.2. The van der Waals surface area contributed by atoms with Crippen molar-refractivity contribution < 1.29 is 8.42 Å². The second kappa shape index (κ2) is 9.16. The smallest absolute Gasteiger partial charge is 0.234 e. The predicted octanol–water partition coefficient (Wildman–Crippen LogP) is 1.68. The molecule has 0 bridgehead atoms. The summed E-state index contributed by atoms with van der Waals surface area (Å²) < 4.78 is 27.3. The van der Waals surface area contributed by atoms with Crippen molar-refractivity contribution in [2.45, 2.75) is 0 Å². The molecular formula is C19H23ClN8O2S. The summed E-state index contributed by atoms with van der Waals surface area (Å²) in [4.78, 5) is 21.7. The number of anilines is 3. The summed E-state index contributed by atoms with van der Waals surface area (Å²) >= 11 is 6.07. The van der Waals surface area contributed by atoms with Crippen molar-refractivity contribution >= 4 is 50.0 Å².